The number of carbonyl (C=O) groups is 3. The number of piperazine rings is 1. The lowest BCUT2D eigenvalue weighted by Gasteiger charge is -2.37. The Labute approximate surface area is 311 Å². The summed E-state index contributed by atoms with van der Waals surface area (Å²) in [4.78, 5) is 46.5. The van der Waals surface area contributed by atoms with E-state index in [0.717, 1.165) is 61.4 Å². The van der Waals surface area contributed by atoms with E-state index in [-0.39, 0.29) is 41.2 Å². The van der Waals surface area contributed by atoms with Gasteiger partial charge in [0.2, 0.25) is 5.91 Å². The molecule has 0 spiro atoms. The summed E-state index contributed by atoms with van der Waals surface area (Å²) < 4.78 is 48.6. The number of aromatic nitrogens is 1. The number of hydrogen-bond acceptors (Lipinski definition) is 9. The van der Waals surface area contributed by atoms with Gasteiger partial charge in [-0.25, -0.2) is 9.78 Å². The molecule has 0 bridgehead atoms. The highest BCUT2D eigenvalue weighted by atomic mass is 19.4. The van der Waals surface area contributed by atoms with Crippen molar-refractivity contribution in [1.82, 2.24) is 20.5 Å². The Morgan fingerprint density at radius 1 is 0.926 bits per heavy atom. The first-order valence-electron chi connectivity index (χ1n) is 17.7. The SMILES string of the molecule is CNC(=O)c1ccccc1Nc1cc(Nc2cc(C)c(N3CCN(Cc4ccc(N5CCC(=O)NC5=O)cc4)CC3)cc2OC(C)C)ncc1C(F)(F)F. The third kappa shape index (κ3) is 8.85. The Bertz CT molecular complexity index is 2010. The molecule has 2 fully saturated rings. The summed E-state index contributed by atoms with van der Waals surface area (Å²) in [6.45, 7) is 10.0. The normalized spacial score (nSPS) is 15.3. The van der Waals surface area contributed by atoms with Gasteiger partial charge in [-0.15, -0.1) is 0 Å². The van der Waals surface area contributed by atoms with E-state index in [0.29, 0.717) is 18.0 Å². The van der Waals surface area contributed by atoms with Crippen molar-refractivity contribution in [3.8, 4) is 5.75 Å². The van der Waals surface area contributed by atoms with E-state index in [9.17, 15) is 27.6 Å². The molecule has 0 atom stereocenters. The Hall–Kier alpha value is -5.83. The number of pyridine rings is 1. The van der Waals surface area contributed by atoms with Gasteiger partial charge in [-0.2, -0.15) is 13.2 Å². The van der Waals surface area contributed by atoms with Crippen molar-refractivity contribution in [2.75, 3.05) is 60.2 Å². The fourth-order valence-corrected chi connectivity index (χ4v) is 6.52. The minimum Gasteiger partial charge on any atom is -0.489 e. The summed E-state index contributed by atoms with van der Waals surface area (Å²) in [6, 6.07) is 18.9. The number of rotatable bonds is 11. The number of aryl methyl sites for hydroxylation is 1. The van der Waals surface area contributed by atoms with Gasteiger partial charge in [0.1, 0.15) is 11.6 Å². The number of alkyl halides is 3. The zero-order chi connectivity index (χ0) is 38.6. The molecule has 4 N–H and O–H groups in total. The average Bonchev–Trinajstić information content (AvgIpc) is 3.13. The van der Waals surface area contributed by atoms with E-state index in [1.54, 1.807) is 17.0 Å². The number of nitrogens with zero attached hydrogens (tertiary/aromatic N) is 4. The summed E-state index contributed by atoms with van der Waals surface area (Å²) in [5, 5.41) is 10.8. The number of para-hydroxylation sites is 1. The summed E-state index contributed by atoms with van der Waals surface area (Å²) in [5.74, 6) is -0.0238. The molecular weight excluding hydrogens is 701 g/mol. The number of imide groups is 1. The molecule has 2 aliphatic heterocycles. The molecule has 0 unspecified atom stereocenters. The number of hydrogen-bond donors (Lipinski definition) is 4. The summed E-state index contributed by atoms with van der Waals surface area (Å²) >= 11 is 0. The monoisotopic (exact) mass is 744 g/mol. The largest absolute Gasteiger partial charge is 0.489 e. The first-order valence-corrected chi connectivity index (χ1v) is 17.7. The highest BCUT2D eigenvalue weighted by Gasteiger charge is 2.35. The summed E-state index contributed by atoms with van der Waals surface area (Å²) in [6.07, 6.45) is -3.85. The molecule has 284 valence electrons. The molecule has 6 rings (SSSR count). The molecule has 0 aliphatic carbocycles. The van der Waals surface area contributed by atoms with Crippen molar-refractivity contribution in [2.45, 2.75) is 46.0 Å². The van der Waals surface area contributed by atoms with Gasteiger partial charge in [-0.1, -0.05) is 24.3 Å². The average molecular weight is 745 g/mol. The van der Waals surface area contributed by atoms with E-state index in [2.05, 4.69) is 36.1 Å². The minimum absolute atomic E-state index is 0.152. The van der Waals surface area contributed by atoms with E-state index in [1.807, 2.05) is 57.2 Å². The quantitative estimate of drug-likeness (QED) is 0.131. The van der Waals surface area contributed by atoms with E-state index >= 15 is 0 Å². The van der Waals surface area contributed by atoms with Crippen molar-refractivity contribution >= 4 is 52.1 Å². The molecular formula is C39H43F3N8O4. The number of halogens is 3. The Morgan fingerprint density at radius 3 is 2.31 bits per heavy atom. The summed E-state index contributed by atoms with van der Waals surface area (Å²) in [5.41, 5.74) is 3.51. The van der Waals surface area contributed by atoms with E-state index in [1.165, 1.54) is 25.2 Å². The second-order valence-corrected chi connectivity index (χ2v) is 13.5. The number of ether oxygens (including phenoxy) is 1. The maximum atomic E-state index is 14.1. The van der Waals surface area contributed by atoms with Gasteiger partial charge >= 0.3 is 12.2 Å². The maximum Gasteiger partial charge on any atom is 0.419 e. The van der Waals surface area contributed by atoms with Crippen LogP contribution in [0.5, 0.6) is 5.75 Å². The van der Waals surface area contributed by atoms with Crippen molar-refractivity contribution in [3.05, 3.63) is 95.2 Å². The van der Waals surface area contributed by atoms with Crippen LogP contribution in [0.25, 0.3) is 0 Å². The van der Waals surface area contributed by atoms with Crippen molar-refractivity contribution in [3.63, 3.8) is 0 Å². The number of carbonyl (C=O) groups excluding carboxylic acids is 3. The Balaban J connectivity index is 1.16. The molecule has 4 aromatic rings. The topological polar surface area (TPSA) is 131 Å². The van der Waals surface area contributed by atoms with Crippen molar-refractivity contribution in [1.29, 1.82) is 0 Å². The second-order valence-electron chi connectivity index (χ2n) is 13.5. The molecule has 4 amide bonds. The van der Waals surface area contributed by atoms with Gasteiger partial charge < -0.3 is 25.6 Å². The molecule has 3 heterocycles. The van der Waals surface area contributed by atoms with Crippen LogP contribution in [0.2, 0.25) is 0 Å². The lowest BCUT2D eigenvalue weighted by Crippen LogP contribution is -2.49. The van der Waals surface area contributed by atoms with Gasteiger partial charge in [0.15, 0.2) is 0 Å². The van der Waals surface area contributed by atoms with Gasteiger partial charge in [0.05, 0.1) is 34.3 Å². The Kier molecular flexibility index (Phi) is 11.3. The highest BCUT2D eigenvalue weighted by Crippen LogP contribution is 2.40. The number of urea groups is 1. The van der Waals surface area contributed by atoms with Gasteiger partial charge in [-0.3, -0.25) is 24.7 Å². The molecule has 54 heavy (non-hydrogen) atoms. The molecule has 12 nitrogen and oxygen atoms in total. The first-order chi connectivity index (χ1) is 25.8. The van der Waals surface area contributed by atoms with Crippen LogP contribution in [0.1, 0.15) is 47.3 Å². The van der Waals surface area contributed by atoms with Crippen molar-refractivity contribution < 1.29 is 32.3 Å². The Morgan fingerprint density at radius 2 is 1.65 bits per heavy atom. The zero-order valence-corrected chi connectivity index (χ0v) is 30.5. The number of nitrogens with one attached hydrogen (secondary N) is 4. The molecule has 15 heteroatoms. The maximum absolute atomic E-state index is 14.1. The highest BCUT2D eigenvalue weighted by molar-refractivity contribution is 6.05. The third-order valence-electron chi connectivity index (χ3n) is 9.22. The van der Waals surface area contributed by atoms with Crippen LogP contribution >= 0.6 is 0 Å². The number of anilines is 6. The minimum atomic E-state index is -4.70. The molecule has 0 saturated carbocycles. The fourth-order valence-electron chi connectivity index (χ4n) is 6.52. The van der Waals surface area contributed by atoms with Gasteiger partial charge in [0.25, 0.3) is 5.91 Å². The predicted molar refractivity (Wildman–Crippen MR) is 202 cm³/mol. The van der Waals surface area contributed by atoms with Crippen LogP contribution in [0, 0.1) is 6.92 Å². The van der Waals surface area contributed by atoms with Gasteiger partial charge in [-0.05, 0) is 62.2 Å². The van der Waals surface area contributed by atoms with Crippen LogP contribution in [0.4, 0.5) is 52.2 Å². The van der Waals surface area contributed by atoms with Gasteiger partial charge in [0, 0.05) is 82.4 Å². The number of benzene rings is 3. The first kappa shape index (κ1) is 37.9. The third-order valence-corrected chi connectivity index (χ3v) is 9.22. The molecule has 1 aromatic heterocycles. The zero-order valence-electron chi connectivity index (χ0n) is 30.5. The van der Waals surface area contributed by atoms with Crippen LogP contribution in [-0.2, 0) is 17.5 Å². The van der Waals surface area contributed by atoms with Crippen LogP contribution in [0.15, 0.2) is 72.9 Å². The fraction of sp³-hybridized carbons (Fsp3) is 0.333. The number of amides is 4. The molecule has 3 aromatic carbocycles. The lowest BCUT2D eigenvalue weighted by molar-refractivity contribution is -0.137. The van der Waals surface area contributed by atoms with Crippen LogP contribution in [0.3, 0.4) is 0 Å². The summed E-state index contributed by atoms with van der Waals surface area (Å²) in [7, 11) is 1.45. The standard InChI is InChI=1S/C39H43F3N8O4/c1-24(2)54-34-21-33(49-17-15-48(16-18-49)23-26-9-11-27(12-10-26)50-14-13-36(51)47-38(50)53)25(3)19-32(34)46-35-20-31(29(22-44-35)39(40,41)42)45-30-8-6-5-7-28(30)37(52)43-4/h5-12,19-22,24H,13-18,23H2,1-4H3,(H,43,52)(H2,44,45,46)(H,47,51,53). The van der Waals surface area contributed by atoms with Crippen LogP contribution in [-0.4, -0.2) is 73.6 Å². The lowest BCUT2D eigenvalue weighted by atomic mass is 10.1. The molecule has 2 saturated heterocycles. The predicted octanol–water partition coefficient (Wildman–Crippen LogP) is 6.81. The van der Waals surface area contributed by atoms with Crippen molar-refractivity contribution in [2.24, 2.45) is 0 Å². The van der Waals surface area contributed by atoms with E-state index < -0.39 is 23.7 Å². The van der Waals surface area contributed by atoms with Crippen LogP contribution < -0.4 is 35.8 Å². The smallest absolute Gasteiger partial charge is 0.419 e. The molecule has 2 aliphatic rings. The second kappa shape index (κ2) is 16.0. The molecule has 0 radical (unpaired) electrons. The van der Waals surface area contributed by atoms with E-state index in [4.69, 9.17) is 4.74 Å².